The van der Waals surface area contributed by atoms with E-state index in [1.165, 1.54) is 16.2 Å². The van der Waals surface area contributed by atoms with Crippen LogP contribution >= 0.6 is 11.3 Å². The van der Waals surface area contributed by atoms with Crippen LogP contribution in [-0.4, -0.2) is 57.2 Å². The van der Waals surface area contributed by atoms with E-state index in [0.717, 1.165) is 16.3 Å². The minimum absolute atomic E-state index is 0.250. The Morgan fingerprint density at radius 1 is 0.933 bits per heavy atom. The summed E-state index contributed by atoms with van der Waals surface area (Å²) in [7, 11) is 3.98. The first-order valence-electron chi connectivity index (χ1n) is 9.47. The van der Waals surface area contributed by atoms with Gasteiger partial charge in [-0.25, -0.2) is 0 Å². The zero-order chi connectivity index (χ0) is 20.8. The largest absolute Gasteiger partial charge is 0.378 e. The van der Waals surface area contributed by atoms with E-state index in [-0.39, 0.29) is 18.4 Å². The summed E-state index contributed by atoms with van der Waals surface area (Å²) >= 11 is 1.41. The number of carbonyl (C=O) groups excluding carboxylic acids is 2. The van der Waals surface area contributed by atoms with Crippen LogP contribution in [0.15, 0.2) is 48.5 Å². The van der Waals surface area contributed by atoms with E-state index >= 15 is 0 Å². The lowest BCUT2D eigenvalue weighted by Gasteiger charge is -2.12. The molecular formula is C21H18N6O2S. The van der Waals surface area contributed by atoms with E-state index in [0.29, 0.717) is 28.3 Å². The molecule has 2 amide bonds. The Morgan fingerprint density at radius 2 is 1.60 bits per heavy atom. The average Bonchev–Trinajstić information content (AvgIpc) is 3.40. The van der Waals surface area contributed by atoms with Gasteiger partial charge in [0.25, 0.3) is 11.8 Å². The Hall–Kier alpha value is -3.59. The molecule has 30 heavy (non-hydrogen) atoms. The number of benzene rings is 2. The van der Waals surface area contributed by atoms with Crippen LogP contribution in [0.5, 0.6) is 0 Å². The highest BCUT2D eigenvalue weighted by Crippen LogP contribution is 2.26. The van der Waals surface area contributed by atoms with Crippen LogP contribution in [-0.2, 0) is 6.42 Å². The number of aromatic nitrogens is 4. The fourth-order valence-corrected chi connectivity index (χ4v) is 4.32. The lowest BCUT2D eigenvalue weighted by molar-refractivity contribution is 0.0656. The summed E-state index contributed by atoms with van der Waals surface area (Å²) in [6, 6.07) is 14.9. The molecule has 0 aliphatic carbocycles. The maximum atomic E-state index is 12.5. The summed E-state index contributed by atoms with van der Waals surface area (Å²) in [5.41, 5.74) is 2.94. The van der Waals surface area contributed by atoms with Crippen LogP contribution < -0.4 is 4.90 Å². The maximum absolute atomic E-state index is 12.5. The predicted molar refractivity (Wildman–Crippen MR) is 114 cm³/mol. The third-order valence-corrected chi connectivity index (χ3v) is 6.06. The van der Waals surface area contributed by atoms with Gasteiger partial charge >= 0.3 is 0 Å². The lowest BCUT2D eigenvalue weighted by atomic mass is 10.1. The number of carbonyl (C=O) groups is 2. The first-order chi connectivity index (χ1) is 14.5. The SMILES string of the molecule is CN(C)c1ccc(-c2nnc3sc(CCN4C(=O)c5ccccc5C4=O)nn23)cc1. The molecule has 0 saturated heterocycles. The van der Waals surface area contributed by atoms with Crippen LogP contribution in [0.25, 0.3) is 16.3 Å². The van der Waals surface area contributed by atoms with Gasteiger partial charge in [-0.1, -0.05) is 23.5 Å². The predicted octanol–water partition coefficient (Wildman–Crippen LogP) is 2.76. The second-order valence-electron chi connectivity index (χ2n) is 7.21. The molecular weight excluding hydrogens is 400 g/mol. The lowest BCUT2D eigenvalue weighted by Crippen LogP contribution is -2.31. The van der Waals surface area contributed by atoms with Crippen molar-refractivity contribution in [3.05, 3.63) is 64.7 Å². The number of nitrogens with zero attached hydrogens (tertiary/aromatic N) is 6. The summed E-state index contributed by atoms with van der Waals surface area (Å²) in [6.07, 6.45) is 0.471. The van der Waals surface area contributed by atoms with Gasteiger partial charge in [0.2, 0.25) is 4.96 Å². The van der Waals surface area contributed by atoms with E-state index in [4.69, 9.17) is 0 Å². The molecule has 8 nitrogen and oxygen atoms in total. The zero-order valence-electron chi connectivity index (χ0n) is 16.4. The minimum atomic E-state index is -0.250. The quantitative estimate of drug-likeness (QED) is 0.464. The van der Waals surface area contributed by atoms with E-state index < -0.39 is 0 Å². The molecule has 3 heterocycles. The molecule has 0 bridgehead atoms. The molecule has 4 aromatic rings. The molecule has 150 valence electrons. The first kappa shape index (κ1) is 18.4. The fourth-order valence-electron chi connectivity index (χ4n) is 3.50. The average molecular weight is 418 g/mol. The highest BCUT2D eigenvalue weighted by molar-refractivity contribution is 7.16. The van der Waals surface area contributed by atoms with Gasteiger partial charge in [0.1, 0.15) is 5.01 Å². The van der Waals surface area contributed by atoms with Crippen LogP contribution in [0.1, 0.15) is 25.7 Å². The molecule has 0 unspecified atom stereocenters. The molecule has 0 saturated carbocycles. The Labute approximate surface area is 176 Å². The molecule has 2 aromatic carbocycles. The number of amides is 2. The highest BCUT2D eigenvalue weighted by atomic mass is 32.1. The van der Waals surface area contributed by atoms with Gasteiger partial charge in [0, 0.05) is 38.3 Å². The smallest absolute Gasteiger partial charge is 0.261 e. The van der Waals surface area contributed by atoms with Crippen molar-refractivity contribution in [1.82, 2.24) is 24.7 Å². The zero-order valence-corrected chi connectivity index (χ0v) is 17.3. The Bertz CT molecular complexity index is 1240. The standard InChI is InChI=1S/C21H18N6O2S/c1-25(2)14-9-7-13(8-10-14)18-22-23-21-27(18)24-17(30-21)11-12-26-19(28)15-5-3-4-6-16(15)20(26)29/h3-10H,11-12H2,1-2H3. The fraction of sp³-hybridized carbons (Fsp3) is 0.190. The van der Waals surface area contributed by atoms with Gasteiger partial charge in [0.15, 0.2) is 5.82 Å². The van der Waals surface area contributed by atoms with Gasteiger partial charge in [-0.15, -0.1) is 10.2 Å². The maximum Gasteiger partial charge on any atom is 0.261 e. The van der Waals surface area contributed by atoms with Crippen LogP contribution in [0.2, 0.25) is 0 Å². The minimum Gasteiger partial charge on any atom is -0.378 e. The number of anilines is 1. The molecule has 1 aliphatic heterocycles. The van der Waals surface area contributed by atoms with E-state index in [1.54, 1.807) is 28.8 Å². The molecule has 0 spiro atoms. The molecule has 9 heteroatoms. The Kier molecular flexibility index (Phi) is 4.32. The Balaban J connectivity index is 1.36. The summed E-state index contributed by atoms with van der Waals surface area (Å²) in [5, 5.41) is 13.9. The van der Waals surface area contributed by atoms with Gasteiger partial charge < -0.3 is 4.90 Å². The van der Waals surface area contributed by atoms with E-state index in [2.05, 4.69) is 15.3 Å². The van der Waals surface area contributed by atoms with Crippen molar-refractivity contribution >= 4 is 33.8 Å². The summed E-state index contributed by atoms with van der Waals surface area (Å²) in [6.45, 7) is 0.281. The molecule has 2 aromatic heterocycles. The van der Waals surface area contributed by atoms with E-state index in [1.807, 2.05) is 43.3 Å². The van der Waals surface area contributed by atoms with Crippen molar-refractivity contribution in [2.45, 2.75) is 6.42 Å². The topological polar surface area (TPSA) is 83.7 Å². The van der Waals surface area contributed by atoms with Gasteiger partial charge in [-0.3, -0.25) is 14.5 Å². The molecule has 0 N–H and O–H groups in total. The first-order valence-corrected chi connectivity index (χ1v) is 10.3. The molecule has 0 radical (unpaired) electrons. The van der Waals surface area contributed by atoms with Crippen molar-refractivity contribution in [3.63, 3.8) is 0 Å². The number of hydrogen-bond donors (Lipinski definition) is 0. The van der Waals surface area contributed by atoms with Crippen molar-refractivity contribution < 1.29 is 9.59 Å². The second-order valence-corrected chi connectivity index (χ2v) is 8.25. The highest BCUT2D eigenvalue weighted by Gasteiger charge is 2.34. The summed E-state index contributed by atoms with van der Waals surface area (Å²) < 4.78 is 1.72. The number of hydrogen-bond acceptors (Lipinski definition) is 7. The normalized spacial score (nSPS) is 13.3. The summed E-state index contributed by atoms with van der Waals surface area (Å²) in [4.78, 5) is 29.0. The van der Waals surface area contributed by atoms with Crippen LogP contribution in [0, 0.1) is 0 Å². The van der Waals surface area contributed by atoms with Crippen molar-refractivity contribution in [1.29, 1.82) is 0 Å². The summed E-state index contributed by atoms with van der Waals surface area (Å²) in [5.74, 6) is 0.166. The molecule has 0 fully saturated rings. The molecule has 1 aliphatic rings. The second kappa shape index (κ2) is 7.03. The third-order valence-electron chi connectivity index (χ3n) is 5.10. The monoisotopic (exact) mass is 418 g/mol. The molecule has 0 atom stereocenters. The van der Waals surface area contributed by atoms with Crippen LogP contribution in [0.3, 0.4) is 0 Å². The molecule has 5 rings (SSSR count). The van der Waals surface area contributed by atoms with Crippen molar-refractivity contribution in [2.24, 2.45) is 0 Å². The number of imide groups is 1. The van der Waals surface area contributed by atoms with Crippen LogP contribution in [0.4, 0.5) is 5.69 Å². The third kappa shape index (κ3) is 2.94. The Morgan fingerprint density at radius 3 is 2.23 bits per heavy atom. The van der Waals surface area contributed by atoms with Gasteiger partial charge in [-0.05, 0) is 36.4 Å². The van der Waals surface area contributed by atoms with Gasteiger partial charge in [-0.2, -0.15) is 9.61 Å². The number of fused-ring (bicyclic) bond motifs is 2. The van der Waals surface area contributed by atoms with Crippen molar-refractivity contribution in [2.75, 3.05) is 25.5 Å². The van der Waals surface area contributed by atoms with Gasteiger partial charge in [0.05, 0.1) is 11.1 Å². The van der Waals surface area contributed by atoms with E-state index in [9.17, 15) is 9.59 Å². The number of rotatable bonds is 5. The van der Waals surface area contributed by atoms with Crippen molar-refractivity contribution in [3.8, 4) is 11.4 Å².